The lowest BCUT2D eigenvalue weighted by molar-refractivity contribution is 0.0976. The van der Waals surface area contributed by atoms with E-state index in [0.29, 0.717) is 0 Å². The van der Waals surface area contributed by atoms with Crippen molar-refractivity contribution < 1.29 is 48.1 Å². The van der Waals surface area contributed by atoms with Gasteiger partial charge in [0.2, 0.25) is 0 Å². The van der Waals surface area contributed by atoms with E-state index in [4.69, 9.17) is 33.5 Å². The summed E-state index contributed by atoms with van der Waals surface area (Å²) in [5.74, 6) is -3.63. The molecule has 1 unspecified atom stereocenters. The Balaban J connectivity index is 2.70. The number of hydrogen-bond donors (Lipinski definition) is 1. The van der Waals surface area contributed by atoms with E-state index in [9.17, 15) is 5.11 Å². The smallest absolute Gasteiger partial charge is 0.160 e. The van der Waals surface area contributed by atoms with Crippen LogP contribution in [0.3, 0.4) is 0 Å². The van der Waals surface area contributed by atoms with Gasteiger partial charge in [-0.1, -0.05) is 18.5 Å². The predicted molar refractivity (Wildman–Crippen MR) is 105 cm³/mol. The van der Waals surface area contributed by atoms with Crippen molar-refractivity contribution in [3.8, 4) is 17.2 Å². The molecular formula is C22H30O4. The van der Waals surface area contributed by atoms with Crippen LogP contribution < -0.4 is 14.2 Å². The van der Waals surface area contributed by atoms with Crippen molar-refractivity contribution in [2.45, 2.75) is 45.5 Å². The summed E-state index contributed by atoms with van der Waals surface area (Å²) in [6.45, 7) is -1.19. The fourth-order valence-electron chi connectivity index (χ4n) is 1.57. The average molecular weight is 380 g/mol. The molecule has 142 valence electrons. The molecule has 0 aliphatic carbocycles. The van der Waals surface area contributed by atoms with E-state index in [1.807, 2.05) is 0 Å². The molecule has 0 saturated heterocycles. The van der Waals surface area contributed by atoms with Crippen LogP contribution in [0.4, 0.5) is 0 Å². The van der Waals surface area contributed by atoms with Crippen molar-refractivity contribution in [1.82, 2.24) is 0 Å². The molecule has 4 nitrogen and oxygen atoms in total. The van der Waals surface area contributed by atoms with Crippen LogP contribution >= 0.6 is 0 Å². The summed E-state index contributed by atoms with van der Waals surface area (Å²) >= 11 is 0. The SMILES string of the molecule is [2H]c1c([2H])c(OC([2H])([2H])C([2H])(O)C([2H])([2H])CC([2H])([2H])C([2H])([2H])c2c([2H])c([2H])c(OC([2H])([2H])[2H])c(OC([2H])([2H])[2H])c2[2H])c([2H])c(C)c1C. The first-order chi connectivity index (χ1) is 20.6. The molecule has 4 heteroatoms. The van der Waals surface area contributed by atoms with E-state index >= 15 is 0 Å². The van der Waals surface area contributed by atoms with E-state index in [-0.39, 0.29) is 11.1 Å². The Hall–Kier alpha value is -2.20. The third-order valence-electron chi connectivity index (χ3n) is 2.98. The van der Waals surface area contributed by atoms with Gasteiger partial charge >= 0.3 is 0 Å². The second-order valence-corrected chi connectivity index (χ2v) is 4.77. The molecule has 0 amide bonds. The minimum atomic E-state index is -4.16. The van der Waals surface area contributed by atoms with Crippen LogP contribution in [0.25, 0.3) is 0 Å². The number of aliphatic hydroxyl groups is 1. The summed E-state index contributed by atoms with van der Waals surface area (Å²) < 4.78 is 182. The highest BCUT2D eigenvalue weighted by Gasteiger charge is 2.07. The summed E-state index contributed by atoms with van der Waals surface area (Å²) in [6.07, 6.45) is -17.5. The highest BCUT2D eigenvalue weighted by molar-refractivity contribution is 5.42. The third-order valence-corrected chi connectivity index (χ3v) is 2.98. The Morgan fingerprint density at radius 3 is 2.73 bits per heavy atom. The standard InChI is InChI=1S/C22H30O4/c1-16-9-11-20(13-17(16)2)26-15-19(23)8-6-5-7-18-10-12-21(24-3)22(14-18)25-4/h9-14,19,23H,5-8,15H2,1-4H3/i3D3,4D3,5D2,7D2,8D2,9D,10D,11D,12D,13D,14D,15D2,19D. The van der Waals surface area contributed by atoms with Crippen LogP contribution in [0.1, 0.15) is 64.6 Å². The Kier molecular flexibility index (Phi) is 2.28. The second kappa shape index (κ2) is 10.1. The molecule has 2 aromatic carbocycles. The molecule has 0 bridgehead atoms. The normalized spacial score (nSPS) is 28.0. The van der Waals surface area contributed by atoms with E-state index in [2.05, 4.69) is 9.47 Å². The van der Waals surface area contributed by atoms with Gasteiger partial charge in [0.05, 0.1) is 40.7 Å². The first kappa shape index (κ1) is 5.90. The zero-order chi connectivity index (χ0) is 37.3. The van der Waals surface area contributed by atoms with Gasteiger partial charge in [-0.25, -0.2) is 0 Å². The Morgan fingerprint density at radius 2 is 1.92 bits per heavy atom. The first-order valence-corrected chi connectivity index (χ1v) is 7.16. The second-order valence-electron chi connectivity index (χ2n) is 4.77. The minimum absolute atomic E-state index is 0.0566. The summed E-state index contributed by atoms with van der Waals surface area (Å²) in [5, 5.41) is 10.9. The highest BCUT2D eigenvalue weighted by Crippen LogP contribution is 2.28. The van der Waals surface area contributed by atoms with Gasteiger partial charge in [-0.2, -0.15) is 0 Å². The molecule has 0 aliphatic rings. The van der Waals surface area contributed by atoms with Gasteiger partial charge in [-0.15, -0.1) is 0 Å². The number of hydrogen-bond acceptors (Lipinski definition) is 4. The first-order valence-electron chi connectivity index (χ1n) is 17.7. The zero-order valence-electron chi connectivity index (χ0n) is 34.9. The van der Waals surface area contributed by atoms with Crippen LogP contribution in [0.5, 0.6) is 17.2 Å². The van der Waals surface area contributed by atoms with E-state index in [1.165, 1.54) is 13.8 Å². The number of ether oxygens (including phenoxy) is 3. The van der Waals surface area contributed by atoms with Crippen LogP contribution in [-0.2, 0) is 6.37 Å². The molecule has 0 fully saturated rings. The lowest BCUT2D eigenvalue weighted by Gasteiger charge is -2.13. The lowest BCUT2D eigenvalue weighted by Crippen LogP contribution is -2.17. The minimum Gasteiger partial charge on any atom is -0.493 e. The monoisotopic (exact) mass is 379 g/mol. The average Bonchev–Trinajstić information content (AvgIpc) is 2.87. The van der Waals surface area contributed by atoms with Crippen molar-refractivity contribution in [2.75, 3.05) is 20.6 Å². The molecule has 2 aromatic rings. The molecule has 1 atom stereocenters. The molecule has 0 aromatic heterocycles. The maximum Gasteiger partial charge on any atom is 0.160 e. The van der Waals surface area contributed by atoms with Gasteiger partial charge in [0.1, 0.15) is 12.3 Å². The highest BCUT2D eigenvalue weighted by atomic mass is 16.5. The molecule has 1 N–H and O–H groups in total. The van der Waals surface area contributed by atoms with Gasteiger partial charge in [-0.3, -0.25) is 0 Å². The van der Waals surface area contributed by atoms with Crippen LogP contribution in [0.15, 0.2) is 36.3 Å². The van der Waals surface area contributed by atoms with Crippen molar-refractivity contribution in [1.29, 1.82) is 0 Å². The van der Waals surface area contributed by atoms with Gasteiger partial charge in [0.15, 0.2) is 11.5 Å². The molecule has 0 saturated carbocycles. The van der Waals surface area contributed by atoms with Crippen LogP contribution in [-0.4, -0.2) is 31.8 Å². The molecule has 0 spiro atoms. The van der Waals surface area contributed by atoms with Crippen molar-refractivity contribution in [3.63, 3.8) is 0 Å². The Morgan fingerprint density at radius 1 is 1.12 bits per heavy atom. The molecular weight excluding hydrogens is 328 g/mol. The van der Waals surface area contributed by atoms with E-state index in [1.54, 1.807) is 0 Å². The van der Waals surface area contributed by atoms with Crippen molar-refractivity contribution in [2.24, 2.45) is 0 Å². The number of rotatable bonds is 10. The molecule has 26 heavy (non-hydrogen) atoms. The van der Waals surface area contributed by atoms with Gasteiger partial charge < -0.3 is 19.3 Å². The fraction of sp³-hybridized carbons (Fsp3) is 0.455. The maximum absolute atomic E-state index is 10.9. The zero-order valence-corrected chi connectivity index (χ0v) is 13.9. The third kappa shape index (κ3) is 5.95. The predicted octanol–water partition coefficient (Wildman–Crippen LogP) is 4.47. The van der Waals surface area contributed by atoms with Crippen molar-refractivity contribution >= 4 is 0 Å². The number of methoxy groups -OCH3 is 2. The maximum atomic E-state index is 10.9. The summed E-state index contributed by atoms with van der Waals surface area (Å²) in [6, 6.07) is -6.20. The van der Waals surface area contributed by atoms with Crippen LogP contribution in [0.2, 0.25) is 0 Å². The quantitative estimate of drug-likeness (QED) is 0.661. The summed E-state index contributed by atoms with van der Waals surface area (Å²) in [5.41, 5.74) is -1.23. The van der Waals surface area contributed by atoms with Gasteiger partial charge in [0, 0.05) is 8.22 Å². The topological polar surface area (TPSA) is 47.9 Å². The molecule has 0 aliphatic heterocycles. The largest absolute Gasteiger partial charge is 0.493 e. The molecule has 0 heterocycles. The Bertz CT molecular complexity index is 1500. The Labute approximate surface area is 186 Å². The van der Waals surface area contributed by atoms with Crippen molar-refractivity contribution in [3.05, 3.63) is 52.9 Å². The van der Waals surface area contributed by atoms with E-state index < -0.39 is 111 Å². The molecule has 2 rings (SSSR count). The summed E-state index contributed by atoms with van der Waals surface area (Å²) in [4.78, 5) is 0. The summed E-state index contributed by atoms with van der Waals surface area (Å²) in [7, 11) is -6.87. The molecule has 0 radical (unpaired) electrons. The fourth-order valence-corrected chi connectivity index (χ4v) is 1.57. The lowest BCUT2D eigenvalue weighted by atomic mass is 10.0. The van der Waals surface area contributed by atoms with Gasteiger partial charge in [0.25, 0.3) is 0 Å². The number of benzene rings is 2. The van der Waals surface area contributed by atoms with Crippen LogP contribution in [0, 0.1) is 13.8 Å². The van der Waals surface area contributed by atoms with Gasteiger partial charge in [-0.05, 0) is 73.8 Å². The van der Waals surface area contributed by atoms with E-state index in [0.717, 1.165) is 0 Å².